The van der Waals surface area contributed by atoms with Crippen LogP contribution in [0, 0.1) is 11.6 Å². The number of hydrogen-bond donors (Lipinski definition) is 4. The monoisotopic (exact) mass is 583 g/mol. The van der Waals surface area contributed by atoms with E-state index in [0.717, 1.165) is 0 Å². The number of rotatable bonds is 8. The highest BCUT2D eigenvalue weighted by Crippen LogP contribution is 2.35. The first-order valence-corrected chi connectivity index (χ1v) is 13.0. The van der Waals surface area contributed by atoms with Crippen LogP contribution < -0.4 is 14.9 Å². The van der Waals surface area contributed by atoms with Gasteiger partial charge in [-0.05, 0) is 41.5 Å². The van der Waals surface area contributed by atoms with E-state index in [2.05, 4.69) is 30.8 Å². The van der Waals surface area contributed by atoms with Gasteiger partial charge in [0.1, 0.15) is 28.3 Å². The highest BCUT2D eigenvalue weighted by atomic mass is 32.2. The summed E-state index contributed by atoms with van der Waals surface area (Å²) in [4.78, 5) is 20.9. The number of nitrogens with one attached hydrogen (secondary N) is 3. The molecule has 40 heavy (non-hydrogen) atoms. The zero-order valence-corrected chi connectivity index (χ0v) is 22.0. The molecule has 1 atom stereocenters. The second kappa shape index (κ2) is 11.0. The molecule has 0 radical (unpaired) electrons. The SMILES string of the molecule is CNC(=O)c1[nH]nc2nc(-c3cc(F)c(O)cc3CC(F)(F)F)nc(NCc3cc(F)ccc3N(C)S(C)=O)c12. The molecular weight excluding hydrogens is 561 g/mol. The zero-order valence-electron chi connectivity index (χ0n) is 21.2. The van der Waals surface area contributed by atoms with Crippen molar-refractivity contribution >= 4 is 39.4 Å². The maximum Gasteiger partial charge on any atom is 0.393 e. The van der Waals surface area contributed by atoms with Gasteiger partial charge >= 0.3 is 6.18 Å². The number of aromatic nitrogens is 4. The van der Waals surface area contributed by atoms with Gasteiger partial charge in [-0.25, -0.2) is 23.0 Å². The first kappa shape index (κ1) is 28.7. The lowest BCUT2D eigenvalue weighted by atomic mass is 10.0. The Kier molecular flexibility index (Phi) is 7.91. The van der Waals surface area contributed by atoms with Crippen molar-refractivity contribution < 1.29 is 36.1 Å². The number of carbonyl (C=O) groups excluding carboxylic acids is 1. The van der Waals surface area contributed by atoms with Crippen molar-refractivity contribution in [2.75, 3.05) is 30.0 Å². The van der Waals surface area contributed by atoms with E-state index < -0.39 is 52.4 Å². The number of carbonyl (C=O) groups is 1. The fraction of sp³-hybridized carbons (Fsp3) is 0.250. The van der Waals surface area contributed by atoms with E-state index in [1.165, 1.54) is 42.9 Å². The van der Waals surface area contributed by atoms with E-state index in [1.807, 2.05) is 0 Å². The Labute approximate surface area is 226 Å². The molecular formula is C24H22F5N7O3S. The van der Waals surface area contributed by atoms with Crippen LogP contribution in [0.5, 0.6) is 5.75 Å². The number of phenolic OH excluding ortho intramolecular Hbond substituents is 1. The van der Waals surface area contributed by atoms with Crippen LogP contribution in [-0.4, -0.2) is 61.9 Å². The summed E-state index contributed by atoms with van der Waals surface area (Å²) in [5.74, 6) is -3.85. The average molecular weight is 584 g/mol. The fourth-order valence-corrected chi connectivity index (χ4v) is 4.41. The molecule has 1 amide bonds. The van der Waals surface area contributed by atoms with Crippen molar-refractivity contribution in [2.45, 2.75) is 19.1 Å². The number of phenols is 1. The zero-order chi connectivity index (χ0) is 29.4. The first-order chi connectivity index (χ1) is 18.8. The van der Waals surface area contributed by atoms with Crippen LogP contribution in [0.4, 0.5) is 33.5 Å². The van der Waals surface area contributed by atoms with Crippen LogP contribution in [-0.2, 0) is 24.0 Å². The van der Waals surface area contributed by atoms with Crippen molar-refractivity contribution in [3.63, 3.8) is 0 Å². The third-order valence-electron chi connectivity index (χ3n) is 5.88. The van der Waals surface area contributed by atoms with Crippen molar-refractivity contribution in [1.82, 2.24) is 25.5 Å². The van der Waals surface area contributed by atoms with Crippen LogP contribution in [0.15, 0.2) is 30.3 Å². The number of fused-ring (bicyclic) bond motifs is 1. The molecule has 10 nitrogen and oxygen atoms in total. The first-order valence-electron chi connectivity index (χ1n) is 11.4. The Bertz CT molecular complexity index is 1630. The summed E-state index contributed by atoms with van der Waals surface area (Å²) in [6.45, 7) is -0.141. The second-order valence-electron chi connectivity index (χ2n) is 8.57. The number of hydrogen-bond acceptors (Lipinski definition) is 7. The highest BCUT2D eigenvalue weighted by Gasteiger charge is 2.31. The summed E-state index contributed by atoms with van der Waals surface area (Å²) >= 11 is 0. The van der Waals surface area contributed by atoms with E-state index in [4.69, 9.17) is 0 Å². The van der Waals surface area contributed by atoms with Gasteiger partial charge in [-0.15, -0.1) is 0 Å². The maximum atomic E-state index is 14.3. The number of halogens is 5. The van der Waals surface area contributed by atoms with Gasteiger partial charge in [0.2, 0.25) is 0 Å². The van der Waals surface area contributed by atoms with Crippen LogP contribution in [0.25, 0.3) is 22.4 Å². The largest absolute Gasteiger partial charge is 0.505 e. The number of H-pyrrole nitrogens is 1. The third-order valence-corrected chi connectivity index (χ3v) is 6.85. The number of nitrogens with zero attached hydrogens (tertiary/aromatic N) is 4. The minimum absolute atomic E-state index is 0.0603. The number of alkyl halides is 3. The molecule has 1 unspecified atom stereocenters. The Morgan fingerprint density at radius 1 is 1.15 bits per heavy atom. The normalized spacial score (nSPS) is 12.4. The Morgan fingerprint density at radius 3 is 2.52 bits per heavy atom. The minimum Gasteiger partial charge on any atom is -0.505 e. The molecule has 0 saturated heterocycles. The standard InChI is InChI=1S/C24H22F5N7O3S/c1-30-23(38)19-18-21(31-10-12-6-13(25)4-5-16(12)36(2)40(3)39)32-20(33-22(18)35-34-19)14-8-15(26)17(37)7-11(14)9-24(27,28)29/h4-8,37H,9-10H2,1-3H3,(H,30,38)(H2,31,32,33,34,35). The summed E-state index contributed by atoms with van der Waals surface area (Å²) in [5.41, 5.74) is -0.335. The van der Waals surface area contributed by atoms with Crippen molar-refractivity contribution in [2.24, 2.45) is 0 Å². The smallest absolute Gasteiger partial charge is 0.393 e. The molecule has 2 heterocycles. The lowest BCUT2D eigenvalue weighted by Gasteiger charge is -2.20. The molecule has 0 bridgehead atoms. The van der Waals surface area contributed by atoms with E-state index in [0.29, 0.717) is 23.4 Å². The molecule has 4 rings (SSSR count). The number of aromatic amines is 1. The van der Waals surface area contributed by atoms with Crippen molar-refractivity contribution in [1.29, 1.82) is 0 Å². The molecule has 2 aromatic heterocycles. The lowest BCUT2D eigenvalue weighted by molar-refractivity contribution is -0.127. The van der Waals surface area contributed by atoms with E-state index >= 15 is 0 Å². The average Bonchev–Trinajstić information content (AvgIpc) is 3.31. The summed E-state index contributed by atoms with van der Waals surface area (Å²) in [6.07, 6.45) is -4.79. The number of anilines is 2. The van der Waals surface area contributed by atoms with Crippen LogP contribution in [0.2, 0.25) is 0 Å². The van der Waals surface area contributed by atoms with Gasteiger partial charge in [-0.3, -0.25) is 14.2 Å². The maximum absolute atomic E-state index is 14.3. The van der Waals surface area contributed by atoms with Crippen molar-refractivity contribution in [3.8, 4) is 17.1 Å². The van der Waals surface area contributed by atoms with Gasteiger partial charge in [0, 0.05) is 32.5 Å². The third kappa shape index (κ3) is 5.95. The highest BCUT2D eigenvalue weighted by molar-refractivity contribution is 7.85. The second-order valence-corrected chi connectivity index (χ2v) is 9.97. The van der Waals surface area contributed by atoms with Gasteiger partial charge in [-0.1, -0.05) is 0 Å². The summed E-state index contributed by atoms with van der Waals surface area (Å²) in [6, 6.07) is 5.11. The van der Waals surface area contributed by atoms with Gasteiger partial charge in [0.15, 0.2) is 23.0 Å². The summed E-state index contributed by atoms with van der Waals surface area (Å²) in [5, 5.41) is 21.6. The molecule has 0 aliphatic rings. The molecule has 0 fully saturated rings. The molecule has 16 heteroatoms. The van der Waals surface area contributed by atoms with Gasteiger partial charge in [-0.2, -0.15) is 18.3 Å². The van der Waals surface area contributed by atoms with E-state index in [1.54, 1.807) is 0 Å². The quantitative estimate of drug-likeness (QED) is 0.232. The Morgan fingerprint density at radius 2 is 1.88 bits per heavy atom. The van der Waals surface area contributed by atoms with E-state index in [9.17, 15) is 36.1 Å². The van der Waals surface area contributed by atoms with Crippen LogP contribution in [0.1, 0.15) is 21.6 Å². The number of benzene rings is 2. The predicted octanol–water partition coefficient (Wildman–Crippen LogP) is 3.81. The van der Waals surface area contributed by atoms with E-state index in [-0.39, 0.29) is 40.5 Å². The summed E-state index contributed by atoms with van der Waals surface area (Å²) in [7, 11) is 1.44. The molecule has 4 aromatic rings. The van der Waals surface area contributed by atoms with Crippen molar-refractivity contribution in [3.05, 3.63) is 58.8 Å². The lowest BCUT2D eigenvalue weighted by Crippen LogP contribution is -2.21. The Hall–Kier alpha value is -4.34. The fourth-order valence-electron chi connectivity index (χ4n) is 3.96. The molecule has 0 saturated carbocycles. The van der Waals surface area contributed by atoms with Crippen LogP contribution >= 0.6 is 0 Å². The Balaban J connectivity index is 1.88. The number of amides is 1. The number of aromatic hydroxyl groups is 1. The predicted molar refractivity (Wildman–Crippen MR) is 138 cm³/mol. The molecule has 4 N–H and O–H groups in total. The molecule has 0 aliphatic heterocycles. The van der Waals surface area contributed by atoms with Crippen LogP contribution in [0.3, 0.4) is 0 Å². The molecule has 0 aliphatic carbocycles. The van der Waals surface area contributed by atoms with Gasteiger partial charge in [0.25, 0.3) is 5.91 Å². The molecule has 0 spiro atoms. The minimum atomic E-state index is -4.71. The summed E-state index contributed by atoms with van der Waals surface area (Å²) < 4.78 is 81.7. The van der Waals surface area contributed by atoms with Gasteiger partial charge in [0.05, 0.1) is 17.5 Å². The molecule has 212 valence electrons. The molecule has 2 aromatic carbocycles. The topological polar surface area (TPSA) is 136 Å². The van der Waals surface area contributed by atoms with Gasteiger partial charge < -0.3 is 15.7 Å².